The third-order valence-electron chi connectivity index (χ3n) is 1.05. The maximum Gasteiger partial charge on any atom is 0.229 e. The Hall–Kier alpha value is 0.300. The third kappa shape index (κ3) is 332. The SMILES string of the molecule is CCS(C)(=O)=O.CCS(C)(=O)=O.CN.CN.CS(=O)(=O)Cl.CS(=O)(=O)Cl. The molecule has 0 fully saturated rings. The van der Waals surface area contributed by atoms with Gasteiger partial charge < -0.3 is 11.5 Å². The maximum absolute atomic E-state index is 10.0. The number of halogens is 2. The van der Waals surface area contributed by atoms with Crippen LogP contribution in [0.5, 0.6) is 0 Å². The molecule has 0 amide bonds. The van der Waals surface area contributed by atoms with Gasteiger partial charge >= 0.3 is 0 Å². The van der Waals surface area contributed by atoms with E-state index in [2.05, 4.69) is 32.8 Å². The van der Waals surface area contributed by atoms with Crippen molar-refractivity contribution in [2.24, 2.45) is 11.5 Å². The van der Waals surface area contributed by atoms with Crippen molar-refractivity contribution in [2.75, 3.05) is 50.6 Å². The van der Waals surface area contributed by atoms with E-state index in [0.29, 0.717) is 0 Å². The maximum atomic E-state index is 10.0. The molecule has 0 aromatic heterocycles. The lowest BCUT2D eigenvalue weighted by atomic mass is 11.0. The van der Waals surface area contributed by atoms with Gasteiger partial charge in [-0.2, -0.15) is 0 Å². The molecule has 0 aliphatic heterocycles. The van der Waals surface area contributed by atoms with Gasteiger partial charge in [0.2, 0.25) is 18.1 Å². The summed E-state index contributed by atoms with van der Waals surface area (Å²) in [6.07, 6.45) is 4.28. The second-order valence-electron chi connectivity index (χ2n) is 3.79. The summed E-state index contributed by atoms with van der Waals surface area (Å²) in [5.74, 6) is 0.486. The summed E-state index contributed by atoms with van der Waals surface area (Å²) in [5, 5.41) is 0. The molecule has 10 nitrogen and oxygen atoms in total. The van der Waals surface area contributed by atoms with Crippen LogP contribution >= 0.6 is 21.4 Å². The van der Waals surface area contributed by atoms with Crippen molar-refractivity contribution in [2.45, 2.75) is 13.8 Å². The van der Waals surface area contributed by atoms with Gasteiger partial charge in [0.15, 0.2) is 0 Å². The van der Waals surface area contributed by atoms with Crippen LogP contribution in [0.15, 0.2) is 0 Å². The number of rotatable bonds is 2. The fourth-order valence-corrected chi connectivity index (χ4v) is 0. The van der Waals surface area contributed by atoms with Gasteiger partial charge in [0.05, 0.1) is 12.5 Å². The van der Waals surface area contributed by atoms with E-state index in [1.165, 1.54) is 26.6 Å². The van der Waals surface area contributed by atoms with Crippen molar-refractivity contribution >= 4 is 59.1 Å². The van der Waals surface area contributed by atoms with Gasteiger partial charge in [0.25, 0.3) is 0 Å². The quantitative estimate of drug-likeness (QED) is 0.466. The molecule has 0 bridgehead atoms. The first kappa shape index (κ1) is 40.9. The zero-order chi connectivity index (χ0) is 23.4. The zero-order valence-corrected chi connectivity index (χ0v) is 21.0. The predicted molar refractivity (Wildman–Crippen MR) is 112 cm³/mol. The Kier molecular flexibility index (Phi) is 33.9. The molecule has 0 aromatic carbocycles. The van der Waals surface area contributed by atoms with Gasteiger partial charge in [0, 0.05) is 45.4 Å². The Morgan fingerprint density at radius 2 is 0.577 bits per heavy atom. The van der Waals surface area contributed by atoms with Gasteiger partial charge in [-0.3, -0.25) is 0 Å². The Bertz CT molecular complexity index is 609. The lowest BCUT2D eigenvalue weighted by molar-refractivity contribution is 0.601. The van der Waals surface area contributed by atoms with Crippen LogP contribution in [0.3, 0.4) is 0 Å². The minimum absolute atomic E-state index is 0.243. The summed E-state index contributed by atoms with van der Waals surface area (Å²) in [6.45, 7) is 3.24. The molecule has 0 radical (unpaired) electrons. The van der Waals surface area contributed by atoms with Crippen molar-refractivity contribution in [3.63, 3.8) is 0 Å². The Labute approximate surface area is 168 Å². The third-order valence-corrected chi connectivity index (χ3v) is 3.15. The summed E-state index contributed by atoms with van der Waals surface area (Å²) >= 11 is 0. The minimum atomic E-state index is -3.19. The van der Waals surface area contributed by atoms with Crippen LogP contribution in [0.1, 0.15) is 13.8 Å². The van der Waals surface area contributed by atoms with Crippen LogP contribution in [0, 0.1) is 0 Å². The van der Waals surface area contributed by atoms with E-state index < -0.39 is 37.8 Å². The largest absolute Gasteiger partial charge is 0.333 e. The van der Waals surface area contributed by atoms with Crippen molar-refractivity contribution < 1.29 is 33.7 Å². The summed E-state index contributed by atoms with van der Waals surface area (Å²) in [6, 6.07) is 0. The molecule has 0 atom stereocenters. The Morgan fingerprint density at radius 1 is 0.538 bits per heavy atom. The number of hydrogen-bond acceptors (Lipinski definition) is 10. The van der Waals surface area contributed by atoms with Crippen LogP contribution in [0.2, 0.25) is 0 Å². The van der Waals surface area contributed by atoms with Gasteiger partial charge in [-0.1, -0.05) is 13.8 Å². The highest BCUT2D eigenvalue weighted by Gasteiger charge is 1.91. The van der Waals surface area contributed by atoms with E-state index in [1.54, 1.807) is 13.8 Å². The van der Waals surface area contributed by atoms with Gasteiger partial charge in [0.1, 0.15) is 19.7 Å². The summed E-state index contributed by atoms with van der Waals surface area (Å²) in [5.41, 5.74) is 9.00. The van der Waals surface area contributed by atoms with E-state index in [1.807, 2.05) is 0 Å². The second-order valence-corrected chi connectivity index (χ2v) is 14.7. The lowest BCUT2D eigenvalue weighted by Crippen LogP contribution is -1.96. The predicted octanol–water partition coefficient (Wildman–Crippen LogP) is -0.379. The molecule has 0 aliphatic carbocycles. The highest BCUT2D eigenvalue weighted by atomic mass is 35.7. The highest BCUT2D eigenvalue weighted by Crippen LogP contribution is 1.84. The Balaban J connectivity index is -0.0000000482. The van der Waals surface area contributed by atoms with Crippen LogP contribution in [0.4, 0.5) is 0 Å². The van der Waals surface area contributed by atoms with Gasteiger partial charge in [-0.05, 0) is 14.1 Å². The van der Waals surface area contributed by atoms with E-state index in [-0.39, 0.29) is 11.5 Å². The summed E-state index contributed by atoms with van der Waals surface area (Å²) in [4.78, 5) is 0. The summed E-state index contributed by atoms with van der Waals surface area (Å²) < 4.78 is 77.6. The lowest BCUT2D eigenvalue weighted by Gasteiger charge is -1.81. The fourth-order valence-electron chi connectivity index (χ4n) is 0. The molecule has 26 heavy (non-hydrogen) atoms. The molecule has 4 N–H and O–H groups in total. The first-order chi connectivity index (χ1) is 11.1. The van der Waals surface area contributed by atoms with E-state index >= 15 is 0 Å². The molecule has 0 saturated carbocycles. The van der Waals surface area contributed by atoms with Crippen LogP contribution in [-0.4, -0.2) is 84.3 Å². The standard InChI is InChI=1S/2C3H8O2S.2CH3ClO2S.2CH5N/c2*1-3-6(2,4)5;2*1-5(2,3)4;2*1-2/h2*3H2,1-2H3;2*1H3;2*2H2,1H3. The van der Waals surface area contributed by atoms with Gasteiger partial charge in [-0.25, -0.2) is 33.7 Å². The van der Waals surface area contributed by atoms with Crippen molar-refractivity contribution in [3.8, 4) is 0 Å². The van der Waals surface area contributed by atoms with E-state index in [4.69, 9.17) is 0 Å². The molecular formula is C10H32Cl2N2O8S4. The minimum Gasteiger partial charge on any atom is -0.333 e. The number of nitrogens with two attached hydrogens (primary N) is 2. The van der Waals surface area contributed by atoms with Crippen LogP contribution < -0.4 is 11.5 Å². The van der Waals surface area contributed by atoms with E-state index in [9.17, 15) is 33.7 Å². The zero-order valence-electron chi connectivity index (χ0n) is 16.2. The number of hydrogen-bond donors (Lipinski definition) is 2. The van der Waals surface area contributed by atoms with Crippen molar-refractivity contribution in [1.82, 2.24) is 0 Å². The van der Waals surface area contributed by atoms with Crippen molar-refractivity contribution in [1.29, 1.82) is 0 Å². The smallest absolute Gasteiger partial charge is 0.229 e. The molecule has 16 heteroatoms. The molecule has 0 aromatic rings. The highest BCUT2D eigenvalue weighted by molar-refractivity contribution is 8.13. The van der Waals surface area contributed by atoms with E-state index in [0.717, 1.165) is 12.5 Å². The molecule has 0 rings (SSSR count). The van der Waals surface area contributed by atoms with Crippen LogP contribution in [0.25, 0.3) is 0 Å². The van der Waals surface area contributed by atoms with Gasteiger partial charge in [-0.15, -0.1) is 0 Å². The molecule has 0 aliphatic rings. The Morgan fingerprint density at radius 3 is 0.577 bits per heavy atom. The normalized spacial score (nSPS) is 10.3. The topological polar surface area (TPSA) is 189 Å². The molecule has 168 valence electrons. The van der Waals surface area contributed by atoms with Crippen molar-refractivity contribution in [3.05, 3.63) is 0 Å². The van der Waals surface area contributed by atoms with Crippen LogP contribution in [-0.2, 0) is 37.8 Å². The molecule has 0 unspecified atom stereocenters. The molecule has 0 spiro atoms. The molecule has 0 heterocycles. The second kappa shape index (κ2) is 21.6. The fraction of sp³-hybridized carbons (Fsp3) is 1.00. The first-order valence-corrected chi connectivity index (χ1v) is 16.0. The monoisotopic (exact) mass is 506 g/mol. The number of sulfone groups is 2. The molecule has 0 saturated heterocycles. The average molecular weight is 508 g/mol. The summed E-state index contributed by atoms with van der Waals surface area (Å²) in [7, 11) is 0.292. The first-order valence-electron chi connectivity index (χ1n) is 6.42. The molecular weight excluding hydrogens is 475 g/mol. The average Bonchev–Trinajstić information content (AvgIpc) is 2.39.